The highest BCUT2D eigenvalue weighted by Crippen LogP contribution is 2.60. The van der Waals surface area contributed by atoms with Crippen LogP contribution in [0.1, 0.15) is 220 Å². The van der Waals surface area contributed by atoms with E-state index in [1.165, 1.54) is 121 Å². The van der Waals surface area contributed by atoms with Crippen LogP contribution in [0.15, 0.2) is 41.4 Å². The van der Waals surface area contributed by atoms with E-state index in [2.05, 4.69) is 23.1 Å². The van der Waals surface area contributed by atoms with Crippen LogP contribution in [0.3, 0.4) is 0 Å². The summed E-state index contributed by atoms with van der Waals surface area (Å²) in [5, 5.41) is 57.6. The van der Waals surface area contributed by atoms with Crippen LogP contribution in [0.5, 0.6) is 0 Å². The molecule has 0 saturated carbocycles. The lowest BCUT2D eigenvalue weighted by molar-refractivity contribution is -0.194. The Morgan fingerprint density at radius 1 is 0.787 bits per heavy atom. The van der Waals surface area contributed by atoms with E-state index in [0.717, 1.165) is 49.0 Å². The Hall–Kier alpha value is -2.88. The molecule has 3 rings (SSSR count). The quantitative estimate of drug-likeness (QED) is 0.0154. The first-order chi connectivity index (χ1) is 38.3. The number of ether oxygens (including phenoxy) is 3. The number of aliphatic hydroxyl groups excluding tert-OH is 5. The molecule has 0 aromatic carbocycles. The first kappa shape index (κ1) is 71.4. The van der Waals surface area contributed by atoms with Crippen LogP contribution in [-0.4, -0.2) is 119 Å². The highest BCUT2D eigenvalue weighted by Gasteiger charge is 2.45. The second kappa shape index (κ2) is 40.4. The molecule has 2 aliphatic heterocycles. The third kappa shape index (κ3) is 30.1. The maximum atomic E-state index is 13.4. The van der Waals surface area contributed by atoms with Gasteiger partial charge < -0.3 is 55.3 Å². The summed E-state index contributed by atoms with van der Waals surface area (Å²) in [7, 11) is -11.3. The van der Waals surface area contributed by atoms with Gasteiger partial charge in [-0.25, -0.2) is 13.9 Å². The molecule has 1 saturated heterocycles. The summed E-state index contributed by atoms with van der Waals surface area (Å²) in [6.45, 7) is 3.90. The molecule has 0 radical (unpaired) electrons. The van der Waals surface area contributed by atoms with Gasteiger partial charge in [-0.15, -0.1) is 0 Å². The van der Waals surface area contributed by atoms with Gasteiger partial charge in [-0.3, -0.25) is 23.2 Å². The largest absolute Gasteiger partial charge is 0.481 e. The molecule has 9 N–H and O–H groups in total. The van der Waals surface area contributed by atoms with Gasteiger partial charge in [0.1, 0.15) is 30.9 Å². The standard InChI is InChI=1S/C57H101N3O18P2/c1-4-6-25-31-44(61)35-36-46-48(62)39-49(63)47-32-27-23-24-28-33-52(64)73-40-45(76-53(65)34-29-22-20-18-16-14-12-10-8-7-9-11-13-15-17-19-21-26-30-43(3)5-2)41-74-79(69,70)78-80(71,72)75-42-50(55(67)54(46)66)77-56(47)60-38-37-51(58)59-57(60)68/h23,27,35-38,43-50,54-56,61-63,66-67H,4-22,24-26,28-34,39-42H2,1-3H3,(H,69,70)(H,71,72)(H2,58,59,68)/b27-23-,36-35+/t43?,44-,45+,46-,47-,48+,49-,50+,54-,55+,56+/m0/s1. The zero-order valence-electron chi connectivity index (χ0n) is 48.1. The molecule has 2 aliphatic rings. The topological polar surface area (TPSA) is 326 Å². The number of aliphatic hydroxyl groups is 5. The second-order valence-electron chi connectivity index (χ2n) is 22.1. The number of hydrogen-bond acceptors (Lipinski definition) is 18. The van der Waals surface area contributed by atoms with Crippen molar-refractivity contribution >= 4 is 33.4 Å². The molecule has 2 bridgehead atoms. The van der Waals surface area contributed by atoms with Gasteiger partial charge in [0.2, 0.25) is 0 Å². The Morgan fingerprint density at radius 2 is 1.36 bits per heavy atom. The highest BCUT2D eigenvalue weighted by atomic mass is 31.3. The molecule has 0 spiro atoms. The van der Waals surface area contributed by atoms with Crippen molar-refractivity contribution in [2.45, 2.75) is 262 Å². The van der Waals surface area contributed by atoms with Gasteiger partial charge in [-0.05, 0) is 44.1 Å². The molecule has 13 atom stereocenters. The van der Waals surface area contributed by atoms with E-state index in [1.807, 2.05) is 6.92 Å². The molecule has 3 heterocycles. The van der Waals surface area contributed by atoms with Crippen LogP contribution in [0, 0.1) is 17.8 Å². The van der Waals surface area contributed by atoms with E-state index in [9.17, 15) is 58.8 Å². The smallest absolute Gasteiger partial charge is 0.462 e. The number of phosphoric acid groups is 2. The third-order valence-electron chi connectivity index (χ3n) is 15.1. The van der Waals surface area contributed by atoms with E-state index < -0.39 is 120 Å². The number of cyclic esters (lactones) is 1. The van der Waals surface area contributed by atoms with Crippen LogP contribution in [0.2, 0.25) is 0 Å². The average Bonchev–Trinajstić information content (AvgIpc) is 3.41. The monoisotopic (exact) mass is 1180 g/mol. The van der Waals surface area contributed by atoms with Gasteiger partial charge in [-0.2, -0.15) is 9.29 Å². The lowest BCUT2D eigenvalue weighted by Crippen LogP contribution is -2.52. The first-order valence-corrected chi connectivity index (χ1v) is 33.0. The molecule has 1 aromatic rings. The SMILES string of the molecule is CCCCC[C@H](O)/C=C/[C@@H]1[C@H](O)[C@H](O)[C@H]2COP(=O)(O)OP(=O)(O)OC[C@H](OC(=O)CCCCCCCCCCCCCCCCCCCCC(C)CC)COC(=O)CCC/C=C\C[C@H]([C@H](n3ccc(N)nc3=O)O2)[C@@H](O)C[C@H]1O. The molecular formula is C57H101N3O18P2. The third-order valence-corrected chi connectivity index (χ3v) is 17.7. The summed E-state index contributed by atoms with van der Waals surface area (Å²) >= 11 is 0. The molecule has 3 unspecified atom stereocenters. The van der Waals surface area contributed by atoms with Crippen molar-refractivity contribution in [3.63, 3.8) is 0 Å². The van der Waals surface area contributed by atoms with Gasteiger partial charge in [-0.1, -0.05) is 186 Å². The van der Waals surface area contributed by atoms with Crippen molar-refractivity contribution in [2.75, 3.05) is 25.6 Å². The van der Waals surface area contributed by atoms with Crippen molar-refractivity contribution in [2.24, 2.45) is 17.8 Å². The number of nitrogens with two attached hydrogens (primary N) is 1. The number of rotatable bonds is 30. The molecule has 462 valence electrons. The fraction of sp³-hybridized carbons (Fsp3) is 0.825. The van der Waals surface area contributed by atoms with Crippen molar-refractivity contribution in [3.05, 3.63) is 47.1 Å². The first-order valence-electron chi connectivity index (χ1n) is 30.0. The van der Waals surface area contributed by atoms with Crippen molar-refractivity contribution in [1.29, 1.82) is 0 Å². The van der Waals surface area contributed by atoms with Crippen molar-refractivity contribution < 1.29 is 81.6 Å². The van der Waals surface area contributed by atoms with E-state index in [0.29, 0.717) is 25.7 Å². The van der Waals surface area contributed by atoms with Crippen LogP contribution in [0.25, 0.3) is 0 Å². The summed E-state index contributed by atoms with van der Waals surface area (Å²) in [5.41, 5.74) is 4.79. The second-order valence-corrected chi connectivity index (χ2v) is 25.1. The fourth-order valence-corrected chi connectivity index (χ4v) is 12.1. The van der Waals surface area contributed by atoms with Gasteiger partial charge in [0, 0.05) is 37.3 Å². The minimum absolute atomic E-state index is 0.00510. The number of esters is 2. The van der Waals surface area contributed by atoms with E-state index in [4.69, 9.17) is 29.0 Å². The number of carbonyl (C=O) groups is 2. The number of fused-ring (bicyclic) bond motifs is 3. The fourth-order valence-electron chi connectivity index (χ4n) is 9.98. The lowest BCUT2D eigenvalue weighted by Gasteiger charge is -2.40. The Balaban J connectivity index is 1.63. The zero-order chi connectivity index (χ0) is 58.8. The van der Waals surface area contributed by atoms with Crippen LogP contribution in [-0.2, 0) is 46.3 Å². The van der Waals surface area contributed by atoms with E-state index >= 15 is 0 Å². The molecule has 23 heteroatoms. The van der Waals surface area contributed by atoms with Gasteiger partial charge >= 0.3 is 33.3 Å². The summed E-state index contributed by atoms with van der Waals surface area (Å²) in [5.74, 6) is -3.28. The Bertz CT molecular complexity index is 2080. The predicted molar refractivity (Wildman–Crippen MR) is 305 cm³/mol. The van der Waals surface area contributed by atoms with E-state index in [-0.39, 0.29) is 31.5 Å². The van der Waals surface area contributed by atoms with E-state index in [1.54, 1.807) is 12.2 Å². The summed E-state index contributed by atoms with van der Waals surface area (Å²) in [6.07, 6.45) is 20.6. The number of anilines is 1. The minimum Gasteiger partial charge on any atom is -0.462 e. The van der Waals surface area contributed by atoms with Crippen LogP contribution in [0.4, 0.5) is 5.82 Å². The number of phosphoric ester groups is 2. The highest BCUT2D eigenvalue weighted by molar-refractivity contribution is 7.61. The Labute approximate surface area is 475 Å². The molecular weight excluding hydrogens is 1080 g/mol. The molecule has 21 nitrogen and oxygen atoms in total. The summed E-state index contributed by atoms with van der Waals surface area (Å²) < 4.78 is 59.3. The summed E-state index contributed by atoms with van der Waals surface area (Å²) in [4.78, 5) is 64.5. The van der Waals surface area contributed by atoms with Crippen LogP contribution < -0.4 is 11.4 Å². The normalized spacial score (nSPS) is 29.3. The number of hydrogen-bond donors (Lipinski definition) is 8. The molecule has 1 fully saturated rings. The molecule has 80 heavy (non-hydrogen) atoms. The Morgan fingerprint density at radius 3 is 1.95 bits per heavy atom. The lowest BCUT2D eigenvalue weighted by atomic mass is 9.82. The van der Waals surface area contributed by atoms with Crippen molar-refractivity contribution in [3.8, 4) is 0 Å². The average molecular weight is 1180 g/mol. The number of aromatic nitrogens is 2. The zero-order valence-corrected chi connectivity index (χ0v) is 49.9. The number of nitrogen functional groups attached to an aromatic ring is 1. The van der Waals surface area contributed by atoms with Gasteiger partial charge in [0.05, 0.1) is 37.6 Å². The van der Waals surface area contributed by atoms with Crippen molar-refractivity contribution in [1.82, 2.24) is 9.55 Å². The molecule has 0 aliphatic carbocycles. The maximum Gasteiger partial charge on any atom is 0.481 e. The van der Waals surface area contributed by atoms with Gasteiger partial charge in [0.25, 0.3) is 0 Å². The Kier molecular flexibility index (Phi) is 36.0. The minimum atomic E-state index is -5.71. The number of unbranched alkanes of at least 4 members (excludes halogenated alkanes) is 19. The summed E-state index contributed by atoms with van der Waals surface area (Å²) in [6, 6.07) is 1.25. The van der Waals surface area contributed by atoms with Gasteiger partial charge in [0.15, 0.2) is 6.10 Å². The van der Waals surface area contributed by atoms with Crippen LogP contribution >= 0.6 is 15.6 Å². The number of nitrogens with zero attached hydrogens (tertiary/aromatic N) is 2. The number of allylic oxidation sites excluding steroid dienone is 2. The molecule has 1 aromatic heterocycles. The maximum absolute atomic E-state index is 13.4. The number of carbonyl (C=O) groups excluding carboxylic acids is 2. The molecule has 0 amide bonds. The predicted octanol–water partition coefficient (Wildman–Crippen LogP) is 9.97.